The number of hydrogen-bond donors (Lipinski definition) is 0. The molecule has 15 heavy (non-hydrogen) atoms. The van der Waals surface area contributed by atoms with Crippen molar-refractivity contribution < 1.29 is 14.3 Å². The first-order valence-corrected chi connectivity index (χ1v) is 5.77. The van der Waals surface area contributed by atoms with Crippen molar-refractivity contribution >= 4 is 11.8 Å². The third-order valence-corrected chi connectivity index (χ3v) is 4.08. The third-order valence-electron chi connectivity index (χ3n) is 4.08. The highest BCUT2D eigenvalue weighted by atomic mass is 16.5. The lowest BCUT2D eigenvalue weighted by atomic mass is 9.68. The van der Waals surface area contributed by atoms with Gasteiger partial charge >= 0.3 is 5.97 Å². The number of Topliss-reactive ketones (excluding diaryl/α,β-unsaturated/α-hetero) is 1. The molecule has 1 unspecified atom stereocenters. The van der Waals surface area contributed by atoms with Crippen LogP contribution < -0.4 is 0 Å². The van der Waals surface area contributed by atoms with Crippen molar-refractivity contribution in [3.8, 4) is 0 Å². The standard InChI is InChI=1S/C12H18O3/c1-15-11(14)9-8-12(5-2-3-6-12)7-4-10(9)13/h9H,2-8H2,1H3. The van der Waals surface area contributed by atoms with Crippen molar-refractivity contribution in [2.45, 2.75) is 44.9 Å². The maximum Gasteiger partial charge on any atom is 0.316 e. The monoisotopic (exact) mass is 210 g/mol. The molecule has 0 saturated heterocycles. The highest BCUT2D eigenvalue weighted by Gasteiger charge is 2.44. The Morgan fingerprint density at radius 1 is 1.33 bits per heavy atom. The minimum Gasteiger partial charge on any atom is -0.468 e. The molecule has 0 aromatic rings. The molecule has 3 heteroatoms. The van der Waals surface area contributed by atoms with E-state index in [0.717, 1.165) is 12.8 Å². The zero-order valence-electron chi connectivity index (χ0n) is 9.25. The van der Waals surface area contributed by atoms with Crippen LogP contribution in [0.2, 0.25) is 0 Å². The Bertz CT molecular complexity index is 269. The smallest absolute Gasteiger partial charge is 0.316 e. The maximum absolute atomic E-state index is 11.6. The van der Waals surface area contributed by atoms with Crippen molar-refractivity contribution in [2.24, 2.45) is 11.3 Å². The summed E-state index contributed by atoms with van der Waals surface area (Å²) in [6.07, 6.45) is 7.17. The zero-order chi connectivity index (χ0) is 10.9. The number of hydrogen-bond acceptors (Lipinski definition) is 3. The normalized spacial score (nSPS) is 29.4. The molecule has 0 aliphatic heterocycles. The molecule has 0 aromatic carbocycles. The topological polar surface area (TPSA) is 43.4 Å². The minimum atomic E-state index is -0.471. The Balaban J connectivity index is 2.10. The van der Waals surface area contributed by atoms with Gasteiger partial charge in [-0.2, -0.15) is 0 Å². The number of ketones is 1. The first-order chi connectivity index (χ1) is 7.17. The van der Waals surface area contributed by atoms with Crippen LogP contribution in [-0.2, 0) is 14.3 Å². The van der Waals surface area contributed by atoms with Gasteiger partial charge in [-0.1, -0.05) is 12.8 Å². The summed E-state index contributed by atoms with van der Waals surface area (Å²) in [5, 5.41) is 0. The van der Waals surface area contributed by atoms with E-state index in [2.05, 4.69) is 0 Å². The van der Waals surface area contributed by atoms with Crippen LogP contribution in [0.4, 0.5) is 0 Å². The van der Waals surface area contributed by atoms with Crippen LogP contribution >= 0.6 is 0 Å². The molecule has 3 nitrogen and oxygen atoms in total. The average molecular weight is 210 g/mol. The highest BCUT2D eigenvalue weighted by Crippen LogP contribution is 2.49. The van der Waals surface area contributed by atoms with E-state index in [1.54, 1.807) is 0 Å². The Kier molecular flexibility index (Phi) is 2.81. The van der Waals surface area contributed by atoms with Gasteiger partial charge in [-0.15, -0.1) is 0 Å². The van der Waals surface area contributed by atoms with Gasteiger partial charge < -0.3 is 4.74 Å². The van der Waals surface area contributed by atoms with E-state index in [9.17, 15) is 9.59 Å². The lowest BCUT2D eigenvalue weighted by Gasteiger charge is -2.36. The first-order valence-electron chi connectivity index (χ1n) is 5.77. The van der Waals surface area contributed by atoms with E-state index in [-0.39, 0.29) is 17.2 Å². The van der Waals surface area contributed by atoms with Crippen molar-refractivity contribution in [1.82, 2.24) is 0 Å². The number of methoxy groups -OCH3 is 1. The van der Waals surface area contributed by atoms with Crippen molar-refractivity contribution in [2.75, 3.05) is 7.11 Å². The quantitative estimate of drug-likeness (QED) is 0.491. The number of ether oxygens (including phenoxy) is 1. The average Bonchev–Trinajstić information content (AvgIpc) is 2.70. The number of carbonyl (C=O) groups is 2. The van der Waals surface area contributed by atoms with Gasteiger partial charge in [-0.3, -0.25) is 9.59 Å². The molecule has 84 valence electrons. The maximum atomic E-state index is 11.6. The van der Waals surface area contributed by atoms with E-state index in [0.29, 0.717) is 6.42 Å². The molecule has 0 radical (unpaired) electrons. The number of carbonyl (C=O) groups excluding carboxylic acids is 2. The molecular formula is C12H18O3. The van der Waals surface area contributed by atoms with Crippen molar-refractivity contribution in [3.05, 3.63) is 0 Å². The van der Waals surface area contributed by atoms with Gasteiger partial charge in [0, 0.05) is 6.42 Å². The summed E-state index contributed by atoms with van der Waals surface area (Å²) in [6.45, 7) is 0. The van der Waals surface area contributed by atoms with Gasteiger partial charge in [0.2, 0.25) is 0 Å². The molecule has 0 aromatic heterocycles. The second-order valence-corrected chi connectivity index (χ2v) is 4.95. The zero-order valence-corrected chi connectivity index (χ0v) is 9.25. The molecule has 2 saturated carbocycles. The van der Waals surface area contributed by atoms with E-state index >= 15 is 0 Å². The molecular weight excluding hydrogens is 192 g/mol. The molecule has 2 rings (SSSR count). The van der Waals surface area contributed by atoms with E-state index < -0.39 is 5.92 Å². The molecule has 2 fully saturated rings. The summed E-state index contributed by atoms with van der Waals surface area (Å²) in [5.74, 6) is -0.716. The van der Waals surface area contributed by atoms with Gasteiger partial charge in [0.05, 0.1) is 7.11 Å². The molecule has 1 atom stereocenters. The lowest BCUT2D eigenvalue weighted by molar-refractivity contribution is -0.153. The fraction of sp³-hybridized carbons (Fsp3) is 0.833. The summed E-state index contributed by atoms with van der Waals surface area (Å²) in [7, 11) is 1.37. The summed E-state index contributed by atoms with van der Waals surface area (Å²) in [5.41, 5.74) is 0.284. The summed E-state index contributed by atoms with van der Waals surface area (Å²) in [4.78, 5) is 23.1. The Hall–Kier alpha value is -0.860. The predicted molar refractivity (Wildman–Crippen MR) is 55.3 cm³/mol. The van der Waals surface area contributed by atoms with Crippen LogP contribution in [0.15, 0.2) is 0 Å². The molecule has 0 bridgehead atoms. The Morgan fingerprint density at radius 3 is 2.60 bits per heavy atom. The SMILES string of the molecule is COC(=O)C1CC2(CCCC2)CCC1=O. The molecule has 1 spiro atoms. The summed E-state index contributed by atoms with van der Waals surface area (Å²) >= 11 is 0. The van der Waals surface area contributed by atoms with Crippen LogP contribution in [-0.4, -0.2) is 18.9 Å². The van der Waals surface area contributed by atoms with Gasteiger partial charge in [0.1, 0.15) is 11.7 Å². The molecule has 2 aliphatic carbocycles. The highest BCUT2D eigenvalue weighted by molar-refractivity contribution is 5.99. The second kappa shape index (κ2) is 3.95. The molecule has 0 heterocycles. The van der Waals surface area contributed by atoms with Crippen molar-refractivity contribution in [3.63, 3.8) is 0 Å². The van der Waals surface area contributed by atoms with E-state index in [4.69, 9.17) is 4.74 Å². The predicted octanol–water partition coefficient (Wildman–Crippen LogP) is 2.09. The van der Waals surface area contributed by atoms with Crippen LogP contribution in [0.1, 0.15) is 44.9 Å². The van der Waals surface area contributed by atoms with Gasteiger partial charge in [0.25, 0.3) is 0 Å². The second-order valence-electron chi connectivity index (χ2n) is 4.95. The van der Waals surface area contributed by atoms with Crippen molar-refractivity contribution in [1.29, 1.82) is 0 Å². The van der Waals surface area contributed by atoms with Gasteiger partial charge in [-0.25, -0.2) is 0 Å². The number of rotatable bonds is 1. The number of esters is 1. The van der Waals surface area contributed by atoms with Crippen LogP contribution in [0, 0.1) is 11.3 Å². The summed E-state index contributed by atoms with van der Waals surface area (Å²) in [6, 6.07) is 0. The Morgan fingerprint density at radius 2 is 2.00 bits per heavy atom. The largest absolute Gasteiger partial charge is 0.468 e. The summed E-state index contributed by atoms with van der Waals surface area (Å²) < 4.78 is 4.70. The fourth-order valence-electron chi connectivity index (χ4n) is 3.15. The van der Waals surface area contributed by atoms with Gasteiger partial charge in [-0.05, 0) is 31.1 Å². The Labute approximate surface area is 90.2 Å². The first kappa shape index (κ1) is 10.7. The molecule has 0 N–H and O–H groups in total. The van der Waals surface area contributed by atoms with Crippen LogP contribution in [0.5, 0.6) is 0 Å². The third kappa shape index (κ3) is 1.92. The van der Waals surface area contributed by atoms with Gasteiger partial charge in [0.15, 0.2) is 0 Å². The van der Waals surface area contributed by atoms with E-state index in [1.165, 1.54) is 32.8 Å². The fourth-order valence-corrected chi connectivity index (χ4v) is 3.15. The molecule has 2 aliphatic rings. The lowest BCUT2D eigenvalue weighted by Crippen LogP contribution is -2.37. The van der Waals surface area contributed by atoms with Crippen LogP contribution in [0.3, 0.4) is 0 Å². The van der Waals surface area contributed by atoms with E-state index in [1.807, 2.05) is 0 Å². The van der Waals surface area contributed by atoms with Crippen LogP contribution in [0.25, 0.3) is 0 Å². The molecule has 0 amide bonds. The minimum absolute atomic E-state index is 0.0828.